The Balaban J connectivity index is 1.75. The molecular formula is C14H17N3O2. The van der Waals surface area contributed by atoms with Gasteiger partial charge in [-0.1, -0.05) is 12.1 Å². The number of rotatable bonds is 5. The number of hydrogen-bond acceptors (Lipinski definition) is 3. The number of nitriles is 1. The molecule has 0 spiro atoms. The third-order valence-corrected chi connectivity index (χ3v) is 3.43. The molecule has 0 aliphatic heterocycles. The largest absolute Gasteiger partial charge is 0.396 e. The lowest BCUT2D eigenvalue weighted by Crippen LogP contribution is -2.39. The van der Waals surface area contributed by atoms with Gasteiger partial charge in [-0.05, 0) is 30.5 Å². The van der Waals surface area contributed by atoms with Gasteiger partial charge < -0.3 is 15.7 Å². The van der Waals surface area contributed by atoms with E-state index in [1.165, 1.54) is 0 Å². The van der Waals surface area contributed by atoms with Crippen LogP contribution in [0.4, 0.5) is 4.79 Å². The van der Waals surface area contributed by atoms with Gasteiger partial charge in [0.25, 0.3) is 0 Å². The van der Waals surface area contributed by atoms with Crippen LogP contribution in [-0.4, -0.2) is 24.3 Å². The molecule has 1 aromatic carbocycles. The highest BCUT2D eigenvalue weighted by molar-refractivity contribution is 5.73. The Morgan fingerprint density at radius 3 is 2.84 bits per heavy atom. The average molecular weight is 259 g/mol. The maximum absolute atomic E-state index is 11.6. The fourth-order valence-electron chi connectivity index (χ4n) is 1.83. The molecule has 2 rings (SSSR count). The van der Waals surface area contributed by atoms with Crippen molar-refractivity contribution in [3.05, 3.63) is 35.4 Å². The number of urea groups is 1. The molecule has 1 fully saturated rings. The van der Waals surface area contributed by atoms with Crippen LogP contribution in [0.25, 0.3) is 0 Å². The molecule has 1 aromatic rings. The number of carbonyl (C=O) groups is 1. The Bertz CT molecular complexity index is 504. The zero-order chi connectivity index (χ0) is 13.7. The summed E-state index contributed by atoms with van der Waals surface area (Å²) < 4.78 is 0. The van der Waals surface area contributed by atoms with Gasteiger partial charge in [-0.3, -0.25) is 0 Å². The molecule has 1 aliphatic carbocycles. The van der Waals surface area contributed by atoms with Crippen molar-refractivity contribution >= 4 is 6.03 Å². The monoisotopic (exact) mass is 259 g/mol. The Labute approximate surface area is 112 Å². The molecule has 0 bridgehead atoms. The molecule has 100 valence electrons. The van der Waals surface area contributed by atoms with E-state index in [4.69, 9.17) is 10.4 Å². The summed E-state index contributed by atoms with van der Waals surface area (Å²) in [7, 11) is 0. The number of nitrogens with one attached hydrogen (secondary N) is 2. The second-order valence-corrected chi connectivity index (χ2v) is 5.01. The van der Waals surface area contributed by atoms with Crippen molar-refractivity contribution in [3.63, 3.8) is 0 Å². The summed E-state index contributed by atoms with van der Waals surface area (Å²) in [5.41, 5.74) is 1.38. The van der Waals surface area contributed by atoms with Crippen LogP contribution in [0, 0.1) is 16.7 Å². The van der Waals surface area contributed by atoms with E-state index >= 15 is 0 Å². The summed E-state index contributed by atoms with van der Waals surface area (Å²) in [6, 6.07) is 8.93. The topological polar surface area (TPSA) is 85.2 Å². The van der Waals surface area contributed by atoms with Crippen LogP contribution in [-0.2, 0) is 6.54 Å². The van der Waals surface area contributed by atoms with Crippen molar-refractivity contribution in [2.24, 2.45) is 5.41 Å². The van der Waals surface area contributed by atoms with Gasteiger partial charge in [0.15, 0.2) is 0 Å². The van der Waals surface area contributed by atoms with Crippen LogP contribution < -0.4 is 10.6 Å². The highest BCUT2D eigenvalue weighted by atomic mass is 16.3. The Morgan fingerprint density at radius 2 is 2.21 bits per heavy atom. The molecule has 1 aliphatic rings. The van der Waals surface area contributed by atoms with Crippen LogP contribution in [0.5, 0.6) is 0 Å². The number of nitrogens with zero attached hydrogens (tertiary/aromatic N) is 1. The van der Waals surface area contributed by atoms with E-state index in [2.05, 4.69) is 16.7 Å². The second kappa shape index (κ2) is 5.72. The van der Waals surface area contributed by atoms with Gasteiger partial charge in [0.1, 0.15) is 0 Å². The van der Waals surface area contributed by atoms with E-state index < -0.39 is 0 Å². The van der Waals surface area contributed by atoms with Gasteiger partial charge in [0, 0.05) is 18.5 Å². The van der Waals surface area contributed by atoms with Crippen LogP contribution in [0.3, 0.4) is 0 Å². The van der Waals surface area contributed by atoms with E-state index in [-0.39, 0.29) is 18.1 Å². The third-order valence-electron chi connectivity index (χ3n) is 3.43. The van der Waals surface area contributed by atoms with E-state index in [9.17, 15) is 4.79 Å². The third kappa shape index (κ3) is 3.70. The predicted octanol–water partition coefficient (Wildman–Crippen LogP) is 1.13. The molecule has 2 amide bonds. The zero-order valence-corrected chi connectivity index (χ0v) is 10.6. The van der Waals surface area contributed by atoms with Crippen molar-refractivity contribution in [2.75, 3.05) is 13.2 Å². The van der Waals surface area contributed by atoms with Crippen LogP contribution in [0.2, 0.25) is 0 Å². The minimum absolute atomic E-state index is 0.0853. The lowest BCUT2D eigenvalue weighted by atomic mass is 10.1. The van der Waals surface area contributed by atoms with Crippen molar-refractivity contribution in [1.82, 2.24) is 10.6 Å². The first-order valence-electron chi connectivity index (χ1n) is 6.29. The lowest BCUT2D eigenvalue weighted by molar-refractivity contribution is 0.203. The molecule has 0 atom stereocenters. The standard InChI is InChI=1S/C14H17N3O2/c15-7-11-2-1-3-12(6-11)8-16-13(19)17-9-14(10-18)4-5-14/h1-3,6,18H,4-5,8-10H2,(H2,16,17,19). The molecule has 0 saturated heterocycles. The summed E-state index contributed by atoms with van der Waals surface area (Å²) in [6.07, 6.45) is 1.93. The first-order valence-corrected chi connectivity index (χ1v) is 6.29. The molecule has 3 N–H and O–H groups in total. The molecule has 1 saturated carbocycles. The molecule has 0 heterocycles. The fourth-order valence-corrected chi connectivity index (χ4v) is 1.83. The van der Waals surface area contributed by atoms with Crippen molar-refractivity contribution < 1.29 is 9.90 Å². The predicted molar refractivity (Wildman–Crippen MR) is 70.1 cm³/mol. The van der Waals surface area contributed by atoms with Gasteiger partial charge >= 0.3 is 6.03 Å². The van der Waals surface area contributed by atoms with Gasteiger partial charge in [-0.15, -0.1) is 0 Å². The number of hydrogen-bond donors (Lipinski definition) is 3. The van der Waals surface area contributed by atoms with Gasteiger partial charge in [0.2, 0.25) is 0 Å². The molecule has 0 unspecified atom stereocenters. The number of carbonyl (C=O) groups excluding carboxylic acids is 1. The maximum atomic E-state index is 11.6. The molecular weight excluding hydrogens is 242 g/mol. The molecule has 0 aromatic heterocycles. The zero-order valence-electron chi connectivity index (χ0n) is 10.6. The van der Waals surface area contributed by atoms with E-state index in [1.54, 1.807) is 18.2 Å². The highest BCUT2D eigenvalue weighted by Gasteiger charge is 2.42. The minimum Gasteiger partial charge on any atom is -0.396 e. The summed E-state index contributed by atoms with van der Waals surface area (Å²) >= 11 is 0. The first kappa shape index (κ1) is 13.4. The molecule has 0 radical (unpaired) electrons. The van der Waals surface area contributed by atoms with E-state index in [0.717, 1.165) is 18.4 Å². The van der Waals surface area contributed by atoms with Crippen molar-refractivity contribution in [2.45, 2.75) is 19.4 Å². The summed E-state index contributed by atoms with van der Waals surface area (Å²) in [5, 5.41) is 23.4. The lowest BCUT2D eigenvalue weighted by Gasteiger charge is -2.13. The molecule has 19 heavy (non-hydrogen) atoms. The SMILES string of the molecule is N#Cc1cccc(CNC(=O)NCC2(CO)CC2)c1. The highest BCUT2D eigenvalue weighted by Crippen LogP contribution is 2.44. The average Bonchev–Trinajstić information content (AvgIpc) is 3.24. The van der Waals surface area contributed by atoms with Crippen LogP contribution in [0.1, 0.15) is 24.0 Å². The van der Waals surface area contributed by atoms with Gasteiger partial charge in [-0.25, -0.2) is 4.79 Å². The van der Waals surface area contributed by atoms with E-state index in [0.29, 0.717) is 18.7 Å². The Morgan fingerprint density at radius 1 is 1.42 bits per heavy atom. The second-order valence-electron chi connectivity index (χ2n) is 5.01. The van der Waals surface area contributed by atoms with Crippen LogP contribution in [0.15, 0.2) is 24.3 Å². The van der Waals surface area contributed by atoms with Crippen molar-refractivity contribution in [3.8, 4) is 6.07 Å². The number of benzene rings is 1. The minimum atomic E-state index is -0.248. The number of aliphatic hydroxyl groups is 1. The van der Waals surface area contributed by atoms with Crippen LogP contribution >= 0.6 is 0 Å². The summed E-state index contributed by atoms with van der Waals surface area (Å²) in [6.45, 7) is 1.01. The normalized spacial score (nSPS) is 15.4. The maximum Gasteiger partial charge on any atom is 0.315 e. The number of amides is 2. The van der Waals surface area contributed by atoms with Crippen molar-refractivity contribution in [1.29, 1.82) is 5.26 Å². The van der Waals surface area contributed by atoms with Gasteiger partial charge in [-0.2, -0.15) is 5.26 Å². The fraction of sp³-hybridized carbons (Fsp3) is 0.429. The Hall–Kier alpha value is -2.06. The Kier molecular flexibility index (Phi) is 4.03. The summed E-state index contributed by atoms with van der Waals surface area (Å²) in [5.74, 6) is 0. The first-order chi connectivity index (χ1) is 9.17. The number of aliphatic hydroxyl groups excluding tert-OH is 1. The smallest absolute Gasteiger partial charge is 0.315 e. The van der Waals surface area contributed by atoms with Gasteiger partial charge in [0.05, 0.1) is 18.2 Å². The molecule has 5 heteroatoms. The quantitative estimate of drug-likeness (QED) is 0.741. The van der Waals surface area contributed by atoms with E-state index in [1.807, 2.05) is 6.07 Å². The summed E-state index contributed by atoms with van der Waals surface area (Å²) in [4.78, 5) is 11.6. The molecule has 5 nitrogen and oxygen atoms in total.